The third-order valence-electron chi connectivity index (χ3n) is 6.78. The lowest BCUT2D eigenvalue weighted by Crippen LogP contribution is -2.52. The maximum atomic E-state index is 13.4. The summed E-state index contributed by atoms with van der Waals surface area (Å²) in [6.45, 7) is 8.04. The largest absolute Gasteiger partial charge is 0.481 e. The smallest absolute Gasteiger partial charge is 0.407 e. The molecule has 2 bridgehead atoms. The molecular weight excluding hydrogens is 452 g/mol. The van der Waals surface area contributed by atoms with Crippen molar-refractivity contribution in [3.8, 4) is 5.88 Å². The molecule has 2 atom stereocenters. The second-order valence-corrected chi connectivity index (χ2v) is 10.6. The van der Waals surface area contributed by atoms with Crippen LogP contribution in [0, 0.1) is 23.7 Å². The lowest BCUT2D eigenvalue weighted by Gasteiger charge is -2.45. The Bertz CT molecular complexity index is 940. The number of aromatic nitrogens is 2. The minimum absolute atomic E-state index is 0.0492. The first-order chi connectivity index (χ1) is 16.5. The molecule has 1 aromatic heterocycles. The SMILES string of the molecule is COC(=O)NC(C)(C)/C=C/n1ncc(C(=O)N[C@H]2C3CCCC2C[C@@H](C(=O)O)C3)c1OCC(C)C. The third kappa shape index (κ3) is 6.76. The van der Waals surface area contributed by atoms with Crippen LogP contribution in [0.4, 0.5) is 4.79 Å². The van der Waals surface area contributed by atoms with Crippen LogP contribution in [0.15, 0.2) is 12.3 Å². The number of rotatable bonds is 9. The molecule has 2 fully saturated rings. The number of alkyl carbamates (subject to hydrolysis) is 1. The molecule has 1 aromatic rings. The van der Waals surface area contributed by atoms with Gasteiger partial charge in [0.05, 0.1) is 31.4 Å². The van der Waals surface area contributed by atoms with E-state index in [9.17, 15) is 19.5 Å². The van der Waals surface area contributed by atoms with Crippen molar-refractivity contribution in [2.45, 2.75) is 71.4 Å². The number of carboxylic acid groups (broad SMARTS) is 1. The maximum Gasteiger partial charge on any atom is 0.407 e. The van der Waals surface area contributed by atoms with Crippen LogP contribution in [0.3, 0.4) is 0 Å². The van der Waals surface area contributed by atoms with Crippen molar-refractivity contribution >= 4 is 24.2 Å². The predicted molar refractivity (Wildman–Crippen MR) is 130 cm³/mol. The van der Waals surface area contributed by atoms with Gasteiger partial charge in [-0.05, 0) is 63.4 Å². The summed E-state index contributed by atoms with van der Waals surface area (Å²) in [5, 5.41) is 19.7. The molecule has 10 heteroatoms. The summed E-state index contributed by atoms with van der Waals surface area (Å²) in [4.78, 5) is 36.5. The Hall–Kier alpha value is -3.04. The molecule has 1 heterocycles. The first-order valence-electron chi connectivity index (χ1n) is 12.3. The van der Waals surface area contributed by atoms with Gasteiger partial charge in [-0.1, -0.05) is 20.3 Å². The summed E-state index contributed by atoms with van der Waals surface area (Å²) in [5.41, 5.74) is -0.399. The second-order valence-electron chi connectivity index (χ2n) is 10.6. The van der Waals surface area contributed by atoms with Crippen molar-refractivity contribution in [1.29, 1.82) is 0 Å². The standard InChI is InChI=1S/C25H38N4O6/c1-15(2)14-35-22-19(13-26-29(22)10-9-25(3,4)28-24(33)34-5)21(30)27-20-16-7-6-8-17(20)12-18(11-16)23(31)32/h9-10,13,15-18,20H,6-8,11-12,14H2,1-5H3,(H,27,30)(H,28,33)(H,31,32)/b10-9+/t16?,17?,18-,20-. The van der Waals surface area contributed by atoms with E-state index in [0.29, 0.717) is 30.9 Å². The number of ether oxygens (including phenoxy) is 2. The van der Waals surface area contributed by atoms with Crippen molar-refractivity contribution < 1.29 is 29.0 Å². The van der Waals surface area contributed by atoms with Gasteiger partial charge in [-0.15, -0.1) is 0 Å². The van der Waals surface area contributed by atoms with Crippen LogP contribution in [0.25, 0.3) is 6.20 Å². The molecule has 35 heavy (non-hydrogen) atoms. The van der Waals surface area contributed by atoms with E-state index in [-0.39, 0.29) is 35.6 Å². The summed E-state index contributed by atoms with van der Waals surface area (Å²) in [6, 6.07) is -0.0492. The van der Waals surface area contributed by atoms with Gasteiger partial charge in [0, 0.05) is 12.2 Å². The molecule has 2 aliphatic rings. The highest BCUT2D eigenvalue weighted by molar-refractivity contribution is 5.96. The second kappa shape index (κ2) is 11.1. The number of amides is 2. The molecule has 194 valence electrons. The van der Waals surface area contributed by atoms with E-state index in [4.69, 9.17) is 4.74 Å². The number of carbonyl (C=O) groups is 3. The third-order valence-corrected chi connectivity index (χ3v) is 6.78. The highest BCUT2D eigenvalue weighted by atomic mass is 16.5. The first kappa shape index (κ1) is 26.6. The van der Waals surface area contributed by atoms with Crippen LogP contribution in [-0.2, 0) is 9.53 Å². The zero-order valence-corrected chi connectivity index (χ0v) is 21.2. The summed E-state index contributed by atoms with van der Waals surface area (Å²) in [5.74, 6) is -0.467. The van der Waals surface area contributed by atoms with Crippen molar-refractivity contribution in [3.63, 3.8) is 0 Å². The molecule has 2 aliphatic carbocycles. The number of methoxy groups -OCH3 is 1. The average molecular weight is 491 g/mol. The van der Waals surface area contributed by atoms with E-state index >= 15 is 0 Å². The maximum absolute atomic E-state index is 13.4. The normalized spacial score (nSPS) is 24.3. The van der Waals surface area contributed by atoms with Crippen LogP contribution < -0.4 is 15.4 Å². The van der Waals surface area contributed by atoms with Gasteiger partial charge in [0.2, 0.25) is 5.88 Å². The molecule has 2 amide bonds. The Morgan fingerprint density at radius 2 is 1.91 bits per heavy atom. The van der Waals surface area contributed by atoms with Gasteiger partial charge in [0.15, 0.2) is 0 Å². The van der Waals surface area contributed by atoms with Gasteiger partial charge in [-0.25, -0.2) is 9.48 Å². The van der Waals surface area contributed by atoms with Crippen LogP contribution >= 0.6 is 0 Å². The molecule has 0 aliphatic heterocycles. The molecule has 3 rings (SSSR count). The molecule has 10 nitrogen and oxygen atoms in total. The fourth-order valence-corrected chi connectivity index (χ4v) is 5.02. The summed E-state index contributed by atoms with van der Waals surface area (Å²) in [6.07, 6.45) is 8.41. The van der Waals surface area contributed by atoms with E-state index in [2.05, 4.69) is 20.5 Å². The van der Waals surface area contributed by atoms with Crippen LogP contribution in [0.2, 0.25) is 0 Å². The zero-order valence-electron chi connectivity index (χ0n) is 21.2. The molecule has 0 aromatic carbocycles. The lowest BCUT2D eigenvalue weighted by molar-refractivity contribution is -0.145. The van der Waals surface area contributed by atoms with Gasteiger partial charge < -0.3 is 25.2 Å². The van der Waals surface area contributed by atoms with Crippen molar-refractivity contribution in [3.05, 3.63) is 17.8 Å². The zero-order chi connectivity index (χ0) is 25.8. The minimum atomic E-state index is -0.742. The summed E-state index contributed by atoms with van der Waals surface area (Å²) < 4.78 is 12.1. The number of fused-ring (bicyclic) bond motifs is 2. The van der Waals surface area contributed by atoms with E-state index < -0.39 is 17.6 Å². The van der Waals surface area contributed by atoms with Crippen molar-refractivity contribution in [2.75, 3.05) is 13.7 Å². The monoisotopic (exact) mass is 490 g/mol. The number of carbonyl (C=O) groups excluding carboxylic acids is 2. The van der Waals surface area contributed by atoms with Gasteiger partial charge >= 0.3 is 12.1 Å². The van der Waals surface area contributed by atoms with E-state index in [1.807, 2.05) is 13.8 Å². The van der Waals surface area contributed by atoms with Gasteiger partial charge in [0.25, 0.3) is 5.91 Å². The summed E-state index contributed by atoms with van der Waals surface area (Å²) >= 11 is 0. The Kier molecular flexibility index (Phi) is 8.45. The number of aliphatic carboxylic acids is 1. The molecule has 0 radical (unpaired) electrons. The Morgan fingerprint density at radius 3 is 2.49 bits per heavy atom. The van der Waals surface area contributed by atoms with Gasteiger partial charge in [-0.3, -0.25) is 9.59 Å². The minimum Gasteiger partial charge on any atom is -0.481 e. The van der Waals surface area contributed by atoms with Crippen LogP contribution in [0.1, 0.15) is 70.2 Å². The molecule has 2 unspecified atom stereocenters. The van der Waals surface area contributed by atoms with E-state index in [1.165, 1.54) is 18.0 Å². The molecule has 0 spiro atoms. The number of nitrogens with one attached hydrogen (secondary N) is 2. The van der Waals surface area contributed by atoms with Crippen molar-refractivity contribution in [1.82, 2.24) is 20.4 Å². The molecule has 3 N–H and O–H groups in total. The Morgan fingerprint density at radius 1 is 1.26 bits per heavy atom. The topological polar surface area (TPSA) is 132 Å². The highest BCUT2D eigenvalue weighted by Gasteiger charge is 2.43. The lowest BCUT2D eigenvalue weighted by atomic mass is 9.64. The number of hydrogen-bond acceptors (Lipinski definition) is 6. The molecule has 0 saturated heterocycles. The fraction of sp³-hybridized carbons (Fsp3) is 0.680. The molecular formula is C25H38N4O6. The average Bonchev–Trinajstić information content (AvgIpc) is 3.18. The molecule has 2 saturated carbocycles. The first-order valence-corrected chi connectivity index (χ1v) is 12.3. The predicted octanol–water partition coefficient (Wildman–Crippen LogP) is 3.53. The quantitative estimate of drug-likeness (QED) is 0.482. The number of carboxylic acids is 1. The number of nitrogens with zero attached hydrogens (tertiary/aromatic N) is 2. The Balaban J connectivity index is 1.80. The fourth-order valence-electron chi connectivity index (χ4n) is 5.02. The summed E-state index contributed by atoms with van der Waals surface area (Å²) in [7, 11) is 1.30. The van der Waals surface area contributed by atoms with Gasteiger partial charge in [-0.2, -0.15) is 5.10 Å². The van der Waals surface area contributed by atoms with E-state index in [1.54, 1.807) is 26.1 Å². The number of hydrogen-bond donors (Lipinski definition) is 3. The van der Waals surface area contributed by atoms with Crippen LogP contribution in [0.5, 0.6) is 5.88 Å². The van der Waals surface area contributed by atoms with E-state index in [0.717, 1.165) is 19.3 Å². The van der Waals surface area contributed by atoms with Crippen LogP contribution in [-0.4, -0.2) is 58.2 Å². The highest BCUT2D eigenvalue weighted by Crippen LogP contribution is 2.43. The van der Waals surface area contributed by atoms with Gasteiger partial charge in [0.1, 0.15) is 5.56 Å². The van der Waals surface area contributed by atoms with Crippen molar-refractivity contribution in [2.24, 2.45) is 23.7 Å². The Labute approximate surface area is 206 Å².